The van der Waals surface area contributed by atoms with E-state index in [0.717, 1.165) is 5.56 Å². The first-order valence-electron chi connectivity index (χ1n) is 6.27. The number of hydrogen-bond acceptors (Lipinski definition) is 2. The molecule has 0 amide bonds. The maximum atomic E-state index is 10.9. The molecule has 0 spiro atoms. The van der Waals surface area contributed by atoms with Gasteiger partial charge in [0.05, 0.1) is 17.8 Å². The van der Waals surface area contributed by atoms with Gasteiger partial charge in [-0.2, -0.15) is 0 Å². The predicted octanol–water partition coefficient (Wildman–Crippen LogP) is 3.08. The summed E-state index contributed by atoms with van der Waals surface area (Å²) >= 11 is 0. The van der Waals surface area contributed by atoms with Crippen LogP contribution in [0.4, 0.5) is 0 Å². The lowest BCUT2D eigenvalue weighted by molar-refractivity contribution is -0.148. The summed E-state index contributed by atoms with van der Waals surface area (Å²) in [5, 5.41) is 10.9. The maximum Gasteiger partial charge on any atom is 0.0948 e. The first kappa shape index (κ1) is 12.6. The average Bonchev–Trinajstić information content (AvgIpc) is 2.14. The zero-order chi connectivity index (χ0) is 12.7. The van der Waals surface area contributed by atoms with E-state index in [2.05, 4.69) is 32.0 Å². The molecule has 2 heteroatoms. The third-order valence-electron chi connectivity index (χ3n) is 3.61. The van der Waals surface area contributed by atoms with Crippen LogP contribution in [0.25, 0.3) is 0 Å². The quantitative estimate of drug-likeness (QED) is 0.809. The molecule has 0 aromatic heterocycles. The SMILES string of the molecule is Cc1ccc(C2(O)CCOC(C)(C)C2)c(C)c1. The summed E-state index contributed by atoms with van der Waals surface area (Å²) in [5.41, 5.74) is 2.48. The molecule has 17 heavy (non-hydrogen) atoms. The van der Waals surface area contributed by atoms with Crippen LogP contribution in [0, 0.1) is 13.8 Å². The van der Waals surface area contributed by atoms with Crippen LogP contribution in [-0.4, -0.2) is 17.3 Å². The van der Waals surface area contributed by atoms with Gasteiger partial charge in [0.1, 0.15) is 0 Å². The van der Waals surface area contributed by atoms with Crippen LogP contribution in [0.3, 0.4) is 0 Å². The fraction of sp³-hybridized carbons (Fsp3) is 0.600. The molecule has 0 bridgehead atoms. The summed E-state index contributed by atoms with van der Waals surface area (Å²) in [7, 11) is 0. The molecule has 1 aliphatic rings. The second-order valence-corrected chi connectivity index (χ2v) is 5.88. The molecule has 1 heterocycles. The molecule has 0 aliphatic carbocycles. The van der Waals surface area contributed by atoms with E-state index in [1.807, 2.05) is 13.8 Å². The van der Waals surface area contributed by atoms with E-state index < -0.39 is 5.60 Å². The van der Waals surface area contributed by atoms with Gasteiger partial charge in [0, 0.05) is 12.8 Å². The van der Waals surface area contributed by atoms with Gasteiger partial charge in [-0.1, -0.05) is 23.8 Å². The van der Waals surface area contributed by atoms with Crippen molar-refractivity contribution in [2.24, 2.45) is 0 Å². The number of benzene rings is 1. The van der Waals surface area contributed by atoms with Gasteiger partial charge >= 0.3 is 0 Å². The molecule has 1 unspecified atom stereocenters. The van der Waals surface area contributed by atoms with E-state index in [9.17, 15) is 5.11 Å². The van der Waals surface area contributed by atoms with Crippen molar-refractivity contribution in [3.05, 3.63) is 34.9 Å². The maximum absolute atomic E-state index is 10.9. The van der Waals surface area contributed by atoms with Crippen LogP contribution in [-0.2, 0) is 10.3 Å². The number of hydrogen-bond donors (Lipinski definition) is 1. The van der Waals surface area contributed by atoms with Crippen LogP contribution >= 0.6 is 0 Å². The van der Waals surface area contributed by atoms with Crippen LogP contribution in [0.15, 0.2) is 18.2 Å². The highest BCUT2D eigenvalue weighted by Crippen LogP contribution is 2.40. The van der Waals surface area contributed by atoms with Gasteiger partial charge in [-0.3, -0.25) is 0 Å². The van der Waals surface area contributed by atoms with Crippen molar-refractivity contribution in [1.82, 2.24) is 0 Å². The Labute approximate surface area is 104 Å². The molecule has 1 N–H and O–H groups in total. The van der Waals surface area contributed by atoms with Crippen molar-refractivity contribution in [2.45, 2.75) is 51.7 Å². The third kappa shape index (κ3) is 2.53. The number of ether oxygens (including phenoxy) is 1. The van der Waals surface area contributed by atoms with Crippen molar-refractivity contribution >= 4 is 0 Å². The molecule has 2 nitrogen and oxygen atoms in total. The van der Waals surface area contributed by atoms with Gasteiger partial charge in [-0.15, -0.1) is 0 Å². The molecule has 2 rings (SSSR count). The largest absolute Gasteiger partial charge is 0.385 e. The van der Waals surface area contributed by atoms with Crippen molar-refractivity contribution in [3.8, 4) is 0 Å². The van der Waals surface area contributed by atoms with Crippen molar-refractivity contribution < 1.29 is 9.84 Å². The predicted molar refractivity (Wildman–Crippen MR) is 69.1 cm³/mol. The number of rotatable bonds is 1. The minimum absolute atomic E-state index is 0.246. The lowest BCUT2D eigenvalue weighted by atomic mass is 9.77. The van der Waals surface area contributed by atoms with Crippen LogP contribution in [0.2, 0.25) is 0 Å². The second-order valence-electron chi connectivity index (χ2n) is 5.88. The average molecular weight is 234 g/mol. The van der Waals surface area contributed by atoms with E-state index in [1.165, 1.54) is 11.1 Å². The topological polar surface area (TPSA) is 29.5 Å². The number of aryl methyl sites for hydroxylation is 2. The summed E-state index contributed by atoms with van der Waals surface area (Å²) in [4.78, 5) is 0. The molecule has 1 aliphatic heterocycles. The lowest BCUT2D eigenvalue weighted by Gasteiger charge is -2.42. The Morgan fingerprint density at radius 2 is 1.94 bits per heavy atom. The molecule has 1 fully saturated rings. The Kier molecular flexibility index (Phi) is 3.04. The Morgan fingerprint density at radius 3 is 2.53 bits per heavy atom. The molecule has 94 valence electrons. The Bertz CT molecular complexity index is 423. The van der Waals surface area contributed by atoms with Gasteiger partial charge in [0.15, 0.2) is 0 Å². The molecule has 1 aromatic rings. The van der Waals surface area contributed by atoms with E-state index in [-0.39, 0.29) is 5.60 Å². The van der Waals surface area contributed by atoms with Gasteiger partial charge in [-0.25, -0.2) is 0 Å². The third-order valence-corrected chi connectivity index (χ3v) is 3.61. The monoisotopic (exact) mass is 234 g/mol. The van der Waals surface area contributed by atoms with E-state index in [0.29, 0.717) is 19.4 Å². The van der Waals surface area contributed by atoms with E-state index in [1.54, 1.807) is 0 Å². The highest BCUT2D eigenvalue weighted by atomic mass is 16.5. The summed E-state index contributed by atoms with van der Waals surface area (Å²) < 4.78 is 5.69. The normalized spacial score (nSPS) is 28.1. The first-order valence-corrected chi connectivity index (χ1v) is 6.27. The Morgan fingerprint density at radius 1 is 1.24 bits per heavy atom. The van der Waals surface area contributed by atoms with Crippen LogP contribution < -0.4 is 0 Å². The highest BCUT2D eigenvalue weighted by molar-refractivity contribution is 5.35. The minimum atomic E-state index is -0.737. The van der Waals surface area contributed by atoms with Crippen molar-refractivity contribution in [2.75, 3.05) is 6.61 Å². The van der Waals surface area contributed by atoms with Gasteiger partial charge in [0.25, 0.3) is 0 Å². The smallest absolute Gasteiger partial charge is 0.0948 e. The zero-order valence-electron chi connectivity index (χ0n) is 11.2. The van der Waals surface area contributed by atoms with Gasteiger partial charge in [0.2, 0.25) is 0 Å². The Balaban J connectivity index is 2.37. The molecule has 0 saturated carbocycles. The van der Waals surface area contributed by atoms with E-state index in [4.69, 9.17) is 4.74 Å². The van der Waals surface area contributed by atoms with E-state index >= 15 is 0 Å². The van der Waals surface area contributed by atoms with Crippen molar-refractivity contribution in [1.29, 1.82) is 0 Å². The number of aliphatic hydroxyl groups is 1. The molecular weight excluding hydrogens is 212 g/mol. The Hall–Kier alpha value is -0.860. The molecular formula is C15H22O2. The van der Waals surface area contributed by atoms with Gasteiger partial charge in [-0.05, 0) is 38.8 Å². The highest BCUT2D eigenvalue weighted by Gasteiger charge is 2.41. The zero-order valence-corrected chi connectivity index (χ0v) is 11.2. The van der Waals surface area contributed by atoms with Crippen molar-refractivity contribution in [3.63, 3.8) is 0 Å². The minimum Gasteiger partial charge on any atom is -0.385 e. The molecule has 1 saturated heterocycles. The first-order chi connectivity index (χ1) is 7.82. The summed E-state index contributed by atoms with van der Waals surface area (Å²) in [6, 6.07) is 6.27. The molecule has 1 aromatic carbocycles. The summed E-state index contributed by atoms with van der Waals surface area (Å²) in [5.74, 6) is 0. The standard InChI is InChI=1S/C15H22O2/c1-11-5-6-13(12(2)9-11)15(16)7-8-17-14(3,4)10-15/h5-6,9,16H,7-8,10H2,1-4H3. The second kappa shape index (κ2) is 4.11. The lowest BCUT2D eigenvalue weighted by Crippen LogP contribution is -2.44. The molecule has 0 radical (unpaired) electrons. The van der Waals surface area contributed by atoms with Crippen LogP contribution in [0.1, 0.15) is 43.4 Å². The molecule has 1 atom stereocenters. The fourth-order valence-corrected chi connectivity index (χ4v) is 2.91. The van der Waals surface area contributed by atoms with Crippen LogP contribution in [0.5, 0.6) is 0 Å². The fourth-order valence-electron chi connectivity index (χ4n) is 2.91. The summed E-state index contributed by atoms with van der Waals surface area (Å²) in [6.07, 6.45) is 1.34. The van der Waals surface area contributed by atoms with Gasteiger partial charge < -0.3 is 9.84 Å². The summed E-state index contributed by atoms with van der Waals surface area (Å²) in [6.45, 7) is 8.86.